The average Bonchev–Trinajstić information content (AvgIpc) is 3.34. The van der Waals surface area contributed by atoms with Gasteiger partial charge in [-0.1, -0.05) is 20.8 Å². The average molecular weight is 450 g/mol. The molecule has 2 aliphatic heterocycles. The van der Waals surface area contributed by atoms with Crippen LogP contribution >= 0.6 is 0 Å². The maximum atomic E-state index is 13.7. The molecule has 0 unspecified atom stereocenters. The summed E-state index contributed by atoms with van der Waals surface area (Å²) < 4.78 is 13.1. The zero-order valence-electron chi connectivity index (χ0n) is 20.1. The molecule has 0 N–H and O–H groups in total. The van der Waals surface area contributed by atoms with E-state index in [9.17, 15) is 14.4 Å². The Labute approximate surface area is 189 Å². The minimum absolute atomic E-state index is 0.0845. The predicted octanol–water partition coefficient (Wildman–Crippen LogP) is 2.39. The molecular weight excluding hydrogens is 414 g/mol. The fraction of sp³-hybridized carbons (Fsp3) is 0.727. The summed E-state index contributed by atoms with van der Waals surface area (Å²) >= 11 is 0. The molecule has 10 nitrogen and oxygen atoms in total. The number of rotatable bonds is 1. The van der Waals surface area contributed by atoms with E-state index in [0.29, 0.717) is 26.2 Å². The van der Waals surface area contributed by atoms with Crippen molar-refractivity contribution < 1.29 is 23.9 Å². The number of carbonyl (C=O) groups excluding carboxylic acids is 3. The number of piperazine rings is 1. The highest BCUT2D eigenvalue weighted by Crippen LogP contribution is 2.39. The third-order valence-corrected chi connectivity index (χ3v) is 5.64. The molecule has 3 amide bonds. The maximum Gasteiger partial charge on any atom is 0.413 e. The van der Waals surface area contributed by atoms with Gasteiger partial charge in [0.2, 0.25) is 0 Å². The second-order valence-electron chi connectivity index (χ2n) is 10.7. The molecular formula is C22H35N5O5. The van der Waals surface area contributed by atoms with E-state index in [1.165, 1.54) is 15.8 Å². The highest BCUT2D eigenvalue weighted by atomic mass is 16.6. The minimum Gasteiger partial charge on any atom is -0.444 e. The van der Waals surface area contributed by atoms with Gasteiger partial charge in [-0.05, 0) is 27.7 Å². The van der Waals surface area contributed by atoms with Gasteiger partial charge in [-0.3, -0.25) is 14.3 Å². The van der Waals surface area contributed by atoms with Crippen LogP contribution in [-0.4, -0.2) is 92.4 Å². The fourth-order valence-electron chi connectivity index (χ4n) is 4.03. The van der Waals surface area contributed by atoms with Crippen LogP contribution in [-0.2, 0) is 14.3 Å². The van der Waals surface area contributed by atoms with E-state index in [4.69, 9.17) is 9.47 Å². The van der Waals surface area contributed by atoms with Crippen LogP contribution in [0, 0.1) is 5.41 Å². The molecule has 32 heavy (non-hydrogen) atoms. The summed E-state index contributed by atoms with van der Waals surface area (Å²) in [7, 11) is 0. The number of amides is 3. The van der Waals surface area contributed by atoms with Crippen molar-refractivity contribution in [1.29, 1.82) is 0 Å². The molecule has 2 fully saturated rings. The molecule has 0 aliphatic carbocycles. The summed E-state index contributed by atoms with van der Waals surface area (Å²) in [6.45, 7) is 14.6. The van der Waals surface area contributed by atoms with Crippen molar-refractivity contribution in [2.75, 3.05) is 32.8 Å². The van der Waals surface area contributed by atoms with Crippen LogP contribution in [0.25, 0.3) is 0 Å². The van der Waals surface area contributed by atoms with Crippen LogP contribution < -0.4 is 0 Å². The number of hydrogen-bond donors (Lipinski definition) is 0. The molecule has 178 valence electrons. The first-order valence-electron chi connectivity index (χ1n) is 10.9. The van der Waals surface area contributed by atoms with E-state index >= 15 is 0 Å². The third-order valence-electron chi connectivity index (χ3n) is 5.64. The lowest BCUT2D eigenvalue weighted by Crippen LogP contribution is -2.64. The highest BCUT2D eigenvalue weighted by molar-refractivity contribution is 5.91. The Bertz CT molecular complexity index is 849. The normalized spacial score (nSPS) is 24.6. The number of aromatic nitrogens is 2. The van der Waals surface area contributed by atoms with Gasteiger partial charge in [-0.15, -0.1) is 0 Å². The lowest BCUT2D eigenvalue weighted by Gasteiger charge is -2.43. The number of nitrogens with zero attached hydrogens (tertiary/aromatic N) is 5. The molecule has 3 rings (SSSR count). The first-order chi connectivity index (χ1) is 14.7. The van der Waals surface area contributed by atoms with Crippen molar-refractivity contribution >= 4 is 18.0 Å². The number of hydrogen-bond acceptors (Lipinski definition) is 6. The monoisotopic (exact) mass is 449 g/mol. The molecule has 2 atom stereocenters. The second-order valence-corrected chi connectivity index (χ2v) is 10.7. The summed E-state index contributed by atoms with van der Waals surface area (Å²) in [6.07, 6.45) is 3.44. The van der Waals surface area contributed by atoms with Gasteiger partial charge in [0.1, 0.15) is 23.7 Å². The first-order valence-corrected chi connectivity index (χ1v) is 10.9. The van der Waals surface area contributed by atoms with E-state index in [1.807, 2.05) is 20.8 Å². The van der Waals surface area contributed by atoms with Crippen molar-refractivity contribution in [2.45, 2.75) is 65.8 Å². The number of imidazole rings is 1. The molecule has 3 heterocycles. The Morgan fingerprint density at radius 2 is 1.62 bits per heavy atom. The smallest absolute Gasteiger partial charge is 0.413 e. The van der Waals surface area contributed by atoms with Crippen LogP contribution in [0.3, 0.4) is 0 Å². The Kier molecular flexibility index (Phi) is 6.29. The lowest BCUT2D eigenvalue weighted by atomic mass is 9.91. The van der Waals surface area contributed by atoms with Gasteiger partial charge in [0.15, 0.2) is 0 Å². The van der Waals surface area contributed by atoms with Gasteiger partial charge in [-0.25, -0.2) is 14.6 Å². The number of ether oxygens (including phenoxy) is 2. The molecule has 0 radical (unpaired) electrons. The topological polar surface area (TPSA) is 97.2 Å². The van der Waals surface area contributed by atoms with E-state index < -0.39 is 28.9 Å². The van der Waals surface area contributed by atoms with Crippen molar-refractivity contribution in [1.82, 2.24) is 24.3 Å². The molecule has 0 aromatic carbocycles. The minimum atomic E-state index is -1.20. The molecule has 2 saturated heterocycles. The van der Waals surface area contributed by atoms with Gasteiger partial charge < -0.3 is 19.3 Å². The first kappa shape index (κ1) is 24.0. The zero-order valence-corrected chi connectivity index (χ0v) is 20.1. The Balaban J connectivity index is 1.76. The van der Waals surface area contributed by atoms with Crippen LogP contribution in [0.15, 0.2) is 18.7 Å². The van der Waals surface area contributed by atoms with Gasteiger partial charge in [0.05, 0.1) is 6.61 Å². The van der Waals surface area contributed by atoms with Crippen molar-refractivity contribution in [3.05, 3.63) is 18.7 Å². The van der Waals surface area contributed by atoms with Gasteiger partial charge >= 0.3 is 12.1 Å². The molecule has 10 heteroatoms. The van der Waals surface area contributed by atoms with Crippen molar-refractivity contribution in [3.8, 4) is 0 Å². The molecule has 1 aromatic rings. The standard InChI is InChI=1S/C22H35N5O5/c1-20(2,3)17-27(19(30)32-21(4,5)6)22(7,14-31-17)16(28)24-10-12-25(13-11-24)18(29)26-9-8-23-15-26/h8-9,15,17H,10-14H2,1-7H3/t17-,22+/m1/s1. The quantitative estimate of drug-likeness (QED) is 0.653. The Morgan fingerprint density at radius 3 is 2.12 bits per heavy atom. The van der Waals surface area contributed by atoms with E-state index in [1.54, 1.807) is 49.9 Å². The summed E-state index contributed by atoms with van der Waals surface area (Å²) in [6, 6.07) is -0.173. The summed E-state index contributed by atoms with van der Waals surface area (Å²) in [5.41, 5.74) is -2.31. The third kappa shape index (κ3) is 4.74. The fourth-order valence-corrected chi connectivity index (χ4v) is 4.03. The van der Waals surface area contributed by atoms with Crippen LogP contribution in [0.5, 0.6) is 0 Å². The zero-order chi connectivity index (χ0) is 23.9. The molecule has 0 saturated carbocycles. The maximum absolute atomic E-state index is 13.7. The predicted molar refractivity (Wildman–Crippen MR) is 117 cm³/mol. The molecule has 2 aliphatic rings. The SMILES string of the molecule is CC(C)(C)OC(=O)N1[C@@H](C(C)(C)C)OC[C@@]1(C)C(=O)N1CCN(C(=O)n2ccnc2)CC1. The summed E-state index contributed by atoms with van der Waals surface area (Å²) in [5, 5.41) is 0. The second kappa shape index (κ2) is 8.38. The Morgan fingerprint density at radius 1 is 1.03 bits per heavy atom. The van der Waals surface area contributed by atoms with Gasteiger partial charge in [0.25, 0.3) is 5.91 Å². The highest BCUT2D eigenvalue weighted by Gasteiger charge is 2.57. The summed E-state index contributed by atoms with van der Waals surface area (Å²) in [4.78, 5) is 48.1. The molecule has 1 aromatic heterocycles. The molecule has 0 spiro atoms. The van der Waals surface area contributed by atoms with Crippen molar-refractivity contribution in [2.24, 2.45) is 5.41 Å². The lowest BCUT2D eigenvalue weighted by molar-refractivity contribution is -0.144. The largest absolute Gasteiger partial charge is 0.444 e. The van der Waals surface area contributed by atoms with Gasteiger partial charge in [-0.2, -0.15) is 0 Å². The van der Waals surface area contributed by atoms with Gasteiger partial charge in [0, 0.05) is 44.0 Å². The molecule has 0 bridgehead atoms. The van der Waals surface area contributed by atoms with Crippen LogP contribution in [0.1, 0.15) is 48.5 Å². The van der Waals surface area contributed by atoms with E-state index in [2.05, 4.69) is 4.98 Å². The Hall–Kier alpha value is -2.62. The van der Waals surface area contributed by atoms with Crippen LogP contribution in [0.4, 0.5) is 9.59 Å². The van der Waals surface area contributed by atoms with E-state index in [0.717, 1.165) is 0 Å². The van der Waals surface area contributed by atoms with Crippen molar-refractivity contribution in [3.63, 3.8) is 0 Å². The van der Waals surface area contributed by atoms with E-state index in [-0.39, 0.29) is 18.5 Å². The van der Waals surface area contributed by atoms with Crippen LogP contribution in [0.2, 0.25) is 0 Å². The number of carbonyl (C=O) groups is 3. The summed E-state index contributed by atoms with van der Waals surface area (Å²) in [5.74, 6) is -0.204.